The third kappa shape index (κ3) is 5.36. The van der Waals surface area contributed by atoms with Gasteiger partial charge in [-0.15, -0.1) is 0 Å². The number of carbonyl (C=O) groups excluding carboxylic acids is 1. The SMILES string of the molecule is C[C@@H]1CCCN(C(=O)c2cc(F)c(F)cc2-c2ncccn2)C1CNc1ncc(C(F)(F)F)cn1. The number of alkyl halides is 3. The van der Waals surface area contributed by atoms with E-state index in [0.717, 1.165) is 18.6 Å². The molecule has 1 N–H and O–H groups in total. The van der Waals surface area contributed by atoms with Gasteiger partial charge in [-0.3, -0.25) is 4.79 Å². The molecule has 2 atom stereocenters. The van der Waals surface area contributed by atoms with Gasteiger partial charge in [-0.25, -0.2) is 28.7 Å². The number of hydrogen-bond donors (Lipinski definition) is 1. The molecule has 0 aliphatic carbocycles. The monoisotopic (exact) mass is 492 g/mol. The lowest BCUT2D eigenvalue weighted by molar-refractivity contribution is -0.138. The minimum atomic E-state index is -4.55. The van der Waals surface area contributed by atoms with Crippen LogP contribution in [0.3, 0.4) is 0 Å². The Kier molecular flexibility index (Phi) is 6.90. The number of aromatic nitrogens is 4. The summed E-state index contributed by atoms with van der Waals surface area (Å²) in [5.74, 6) is -2.77. The van der Waals surface area contributed by atoms with E-state index < -0.39 is 35.3 Å². The number of amides is 1. The first-order valence-corrected chi connectivity index (χ1v) is 10.9. The van der Waals surface area contributed by atoms with Gasteiger partial charge >= 0.3 is 6.18 Å². The molecule has 12 heteroatoms. The van der Waals surface area contributed by atoms with Crippen LogP contribution in [0.15, 0.2) is 43.0 Å². The Morgan fingerprint density at radius 3 is 2.40 bits per heavy atom. The zero-order valence-corrected chi connectivity index (χ0v) is 18.6. The molecule has 1 aliphatic rings. The van der Waals surface area contributed by atoms with Crippen molar-refractivity contribution < 1.29 is 26.7 Å². The average molecular weight is 492 g/mol. The number of nitrogens with one attached hydrogen (secondary N) is 1. The highest BCUT2D eigenvalue weighted by Gasteiger charge is 2.35. The third-order valence-electron chi connectivity index (χ3n) is 5.92. The molecule has 1 saturated heterocycles. The Morgan fingerprint density at radius 1 is 1.09 bits per heavy atom. The van der Waals surface area contributed by atoms with Crippen LogP contribution < -0.4 is 5.32 Å². The van der Waals surface area contributed by atoms with E-state index in [1.807, 2.05) is 6.92 Å². The molecule has 1 unspecified atom stereocenters. The first-order chi connectivity index (χ1) is 16.6. The lowest BCUT2D eigenvalue weighted by atomic mass is 9.89. The molecule has 0 saturated carbocycles. The Hall–Kier alpha value is -3.70. The van der Waals surface area contributed by atoms with E-state index in [0.29, 0.717) is 25.4 Å². The number of piperidine rings is 1. The van der Waals surface area contributed by atoms with E-state index in [2.05, 4.69) is 25.3 Å². The fraction of sp³-hybridized carbons (Fsp3) is 0.348. The zero-order chi connectivity index (χ0) is 25.2. The van der Waals surface area contributed by atoms with Crippen molar-refractivity contribution in [2.45, 2.75) is 32.0 Å². The first-order valence-electron chi connectivity index (χ1n) is 10.9. The fourth-order valence-electron chi connectivity index (χ4n) is 4.08. The van der Waals surface area contributed by atoms with Gasteiger partial charge in [0.1, 0.15) is 0 Å². The second kappa shape index (κ2) is 9.88. The summed E-state index contributed by atoms with van der Waals surface area (Å²) in [4.78, 5) is 30.7. The van der Waals surface area contributed by atoms with E-state index in [-0.39, 0.29) is 35.4 Å². The quantitative estimate of drug-likeness (QED) is 0.525. The predicted molar refractivity (Wildman–Crippen MR) is 116 cm³/mol. The van der Waals surface area contributed by atoms with Gasteiger partial charge in [0.15, 0.2) is 17.5 Å². The highest BCUT2D eigenvalue weighted by atomic mass is 19.4. The summed E-state index contributed by atoms with van der Waals surface area (Å²) in [5, 5.41) is 2.88. The lowest BCUT2D eigenvalue weighted by Gasteiger charge is -2.40. The van der Waals surface area contributed by atoms with Crippen LogP contribution in [-0.2, 0) is 6.18 Å². The molecular formula is C23H21F5N6O. The first kappa shape index (κ1) is 24.4. The molecule has 4 rings (SSSR count). The van der Waals surface area contributed by atoms with Gasteiger partial charge in [-0.05, 0) is 37.0 Å². The molecular weight excluding hydrogens is 471 g/mol. The molecule has 35 heavy (non-hydrogen) atoms. The molecule has 7 nitrogen and oxygen atoms in total. The van der Waals surface area contributed by atoms with Crippen LogP contribution in [0.25, 0.3) is 11.4 Å². The summed E-state index contributed by atoms with van der Waals surface area (Å²) >= 11 is 0. The van der Waals surface area contributed by atoms with E-state index in [1.54, 1.807) is 11.0 Å². The largest absolute Gasteiger partial charge is 0.419 e. The smallest absolute Gasteiger partial charge is 0.352 e. The van der Waals surface area contributed by atoms with Gasteiger partial charge in [-0.2, -0.15) is 13.2 Å². The maximum absolute atomic E-state index is 14.2. The van der Waals surface area contributed by atoms with Crippen molar-refractivity contribution in [1.82, 2.24) is 24.8 Å². The molecule has 1 aliphatic heterocycles. The van der Waals surface area contributed by atoms with Gasteiger partial charge in [0.2, 0.25) is 5.95 Å². The number of hydrogen-bond acceptors (Lipinski definition) is 6. The van der Waals surface area contributed by atoms with Gasteiger partial charge in [-0.1, -0.05) is 6.92 Å². The minimum Gasteiger partial charge on any atom is -0.352 e. The normalized spacial score (nSPS) is 18.4. The van der Waals surface area contributed by atoms with Gasteiger partial charge in [0, 0.05) is 43.4 Å². The minimum absolute atomic E-state index is 0.0105. The summed E-state index contributed by atoms with van der Waals surface area (Å²) in [6, 6.07) is 2.89. The molecule has 0 bridgehead atoms. The Bertz CT molecular complexity index is 1190. The van der Waals surface area contributed by atoms with Crippen LogP contribution in [-0.4, -0.2) is 49.9 Å². The Balaban J connectivity index is 1.60. The number of halogens is 5. The number of likely N-dealkylation sites (tertiary alicyclic amines) is 1. The van der Waals surface area contributed by atoms with Crippen molar-refractivity contribution in [3.63, 3.8) is 0 Å². The van der Waals surface area contributed by atoms with Gasteiger partial charge in [0.05, 0.1) is 17.2 Å². The third-order valence-corrected chi connectivity index (χ3v) is 5.92. The average Bonchev–Trinajstić information content (AvgIpc) is 2.84. The van der Waals surface area contributed by atoms with E-state index in [4.69, 9.17) is 0 Å². The van der Waals surface area contributed by atoms with Crippen molar-refractivity contribution in [2.75, 3.05) is 18.4 Å². The summed E-state index contributed by atoms with van der Waals surface area (Å²) < 4.78 is 66.5. The Morgan fingerprint density at radius 2 is 1.74 bits per heavy atom. The van der Waals surface area contributed by atoms with E-state index in [9.17, 15) is 26.7 Å². The maximum atomic E-state index is 14.2. The highest BCUT2D eigenvalue weighted by molar-refractivity contribution is 6.00. The van der Waals surface area contributed by atoms with Gasteiger partial charge in [0.25, 0.3) is 5.91 Å². The molecule has 184 valence electrons. The summed E-state index contributed by atoms with van der Waals surface area (Å²) in [5.41, 5.74) is -0.995. The van der Waals surface area contributed by atoms with Crippen molar-refractivity contribution in [3.8, 4) is 11.4 Å². The van der Waals surface area contributed by atoms with Crippen LogP contribution in [0.4, 0.5) is 27.9 Å². The topological polar surface area (TPSA) is 83.9 Å². The van der Waals surface area contributed by atoms with Gasteiger partial charge < -0.3 is 10.2 Å². The number of benzene rings is 1. The molecule has 3 aromatic rings. The van der Waals surface area contributed by atoms with Crippen LogP contribution in [0.5, 0.6) is 0 Å². The second-order valence-corrected chi connectivity index (χ2v) is 8.24. The van der Waals surface area contributed by atoms with Crippen molar-refractivity contribution in [3.05, 3.63) is 65.7 Å². The molecule has 0 radical (unpaired) electrons. The predicted octanol–water partition coefficient (Wildman–Crippen LogP) is 4.58. The van der Waals surface area contributed by atoms with Crippen LogP contribution in [0.2, 0.25) is 0 Å². The fourth-order valence-corrected chi connectivity index (χ4v) is 4.08. The zero-order valence-electron chi connectivity index (χ0n) is 18.6. The highest BCUT2D eigenvalue weighted by Crippen LogP contribution is 2.30. The number of nitrogens with zero attached hydrogens (tertiary/aromatic N) is 5. The van der Waals surface area contributed by atoms with Crippen molar-refractivity contribution >= 4 is 11.9 Å². The van der Waals surface area contributed by atoms with Crippen LogP contribution >= 0.6 is 0 Å². The molecule has 2 aromatic heterocycles. The molecule has 3 heterocycles. The summed E-state index contributed by atoms with van der Waals surface area (Å²) in [7, 11) is 0. The lowest BCUT2D eigenvalue weighted by Crippen LogP contribution is -2.51. The molecule has 1 aromatic carbocycles. The number of rotatable bonds is 5. The number of carbonyl (C=O) groups is 1. The summed E-state index contributed by atoms with van der Waals surface area (Å²) in [6.07, 6.45) is 1.16. The van der Waals surface area contributed by atoms with E-state index >= 15 is 0 Å². The van der Waals surface area contributed by atoms with Crippen LogP contribution in [0.1, 0.15) is 35.7 Å². The molecule has 0 spiro atoms. The molecule has 1 fully saturated rings. The van der Waals surface area contributed by atoms with E-state index in [1.165, 1.54) is 12.4 Å². The Labute approximate surface area is 197 Å². The summed E-state index contributed by atoms with van der Waals surface area (Å²) in [6.45, 7) is 2.45. The van der Waals surface area contributed by atoms with Crippen molar-refractivity contribution in [1.29, 1.82) is 0 Å². The van der Waals surface area contributed by atoms with Crippen molar-refractivity contribution in [2.24, 2.45) is 5.92 Å². The number of anilines is 1. The van der Waals surface area contributed by atoms with Crippen LogP contribution in [0, 0.1) is 17.6 Å². The second-order valence-electron chi connectivity index (χ2n) is 8.24. The molecule has 1 amide bonds. The maximum Gasteiger partial charge on any atom is 0.419 e. The standard InChI is InChI=1S/C23H21F5N6O/c1-13-4-2-7-34(19(13)12-33-22-31-10-14(11-32-22)23(26,27)28)21(35)16-9-18(25)17(24)8-15(16)20-29-5-3-6-30-20/h3,5-6,8-11,13,19H,2,4,7,12H2,1H3,(H,31,32,33)/t13-,19?/m1/s1.